The fourth-order valence-electron chi connectivity index (χ4n) is 2.93. The molecule has 0 bridgehead atoms. The van der Waals surface area contributed by atoms with Gasteiger partial charge in [0.1, 0.15) is 0 Å². The zero-order chi connectivity index (χ0) is 14.0. The molecule has 4 nitrogen and oxygen atoms in total. The maximum atomic E-state index is 11.7. The van der Waals surface area contributed by atoms with Crippen molar-refractivity contribution < 1.29 is 4.79 Å². The van der Waals surface area contributed by atoms with Crippen molar-refractivity contribution in [2.45, 2.75) is 51.2 Å². The van der Waals surface area contributed by atoms with E-state index in [-0.39, 0.29) is 24.0 Å². The number of aryl methyl sites for hydroxylation is 1. The maximum Gasteiger partial charge on any atom is 0.234 e. The molecule has 3 unspecified atom stereocenters. The molecule has 1 aliphatic rings. The summed E-state index contributed by atoms with van der Waals surface area (Å²) >= 11 is 1.76. The van der Waals surface area contributed by atoms with Crippen LogP contribution in [0.25, 0.3) is 0 Å². The van der Waals surface area contributed by atoms with Gasteiger partial charge in [0.15, 0.2) is 0 Å². The number of piperidine rings is 1. The summed E-state index contributed by atoms with van der Waals surface area (Å²) in [6, 6.07) is 4.14. The molecule has 2 heterocycles. The van der Waals surface area contributed by atoms with Gasteiger partial charge in [0.05, 0.1) is 12.1 Å². The lowest BCUT2D eigenvalue weighted by atomic mass is 9.96. The average Bonchev–Trinajstić information content (AvgIpc) is 2.76. The number of nitrogens with zero attached hydrogens (tertiary/aromatic N) is 1. The molecule has 3 atom stereocenters. The molecule has 1 fully saturated rings. The summed E-state index contributed by atoms with van der Waals surface area (Å²) in [4.78, 5) is 16.4. The lowest BCUT2D eigenvalue weighted by Gasteiger charge is -2.41. The molecule has 0 aromatic carbocycles. The van der Waals surface area contributed by atoms with E-state index in [9.17, 15) is 4.79 Å². The van der Waals surface area contributed by atoms with E-state index < -0.39 is 0 Å². The van der Waals surface area contributed by atoms with Crippen LogP contribution in [0, 0.1) is 6.92 Å². The Morgan fingerprint density at radius 2 is 2.21 bits per heavy atom. The summed E-state index contributed by atoms with van der Waals surface area (Å²) in [5.41, 5.74) is 11.7. The Labute approximate surface area is 118 Å². The van der Waals surface area contributed by atoms with E-state index in [1.54, 1.807) is 11.3 Å². The van der Waals surface area contributed by atoms with E-state index in [0.29, 0.717) is 0 Å². The third-order valence-corrected chi connectivity index (χ3v) is 4.85. The fraction of sp³-hybridized carbons (Fsp3) is 0.643. The quantitative estimate of drug-likeness (QED) is 0.883. The Hall–Kier alpha value is -0.910. The first-order valence-electron chi connectivity index (χ1n) is 6.87. The van der Waals surface area contributed by atoms with Gasteiger partial charge in [-0.1, -0.05) is 6.42 Å². The zero-order valence-corrected chi connectivity index (χ0v) is 12.5. The van der Waals surface area contributed by atoms with Crippen molar-refractivity contribution >= 4 is 17.2 Å². The Morgan fingerprint density at radius 1 is 1.47 bits per heavy atom. The van der Waals surface area contributed by atoms with Gasteiger partial charge < -0.3 is 11.5 Å². The van der Waals surface area contributed by atoms with E-state index in [1.807, 2.05) is 6.92 Å². The summed E-state index contributed by atoms with van der Waals surface area (Å²) < 4.78 is 0. The van der Waals surface area contributed by atoms with Crippen LogP contribution in [0.2, 0.25) is 0 Å². The number of carbonyl (C=O) groups is 1. The summed E-state index contributed by atoms with van der Waals surface area (Å²) in [6.07, 6.45) is 3.03. The second-order valence-electron chi connectivity index (χ2n) is 5.40. The van der Waals surface area contributed by atoms with E-state index in [0.717, 1.165) is 25.8 Å². The summed E-state index contributed by atoms with van der Waals surface area (Å²) in [6.45, 7) is 5.00. The zero-order valence-electron chi connectivity index (χ0n) is 11.6. The number of amides is 1. The van der Waals surface area contributed by atoms with Gasteiger partial charge in [-0.15, -0.1) is 11.3 Å². The number of thiophene rings is 1. The van der Waals surface area contributed by atoms with Crippen LogP contribution in [0.1, 0.15) is 42.0 Å². The highest BCUT2D eigenvalue weighted by Crippen LogP contribution is 2.34. The standard InChI is InChI=1S/C14H23N3OS/c1-9-6-7-12(19-9)13(10(2)15)17-8-4-3-5-11(17)14(16)18/h6-7,10-11,13H,3-5,8,15H2,1-2H3,(H2,16,18). The lowest BCUT2D eigenvalue weighted by Crippen LogP contribution is -2.52. The third kappa shape index (κ3) is 3.16. The number of rotatable bonds is 4. The molecule has 1 saturated heterocycles. The smallest absolute Gasteiger partial charge is 0.234 e. The molecule has 1 aromatic rings. The Kier molecular flexibility index (Phi) is 4.60. The Morgan fingerprint density at radius 3 is 2.74 bits per heavy atom. The number of carbonyl (C=O) groups excluding carboxylic acids is 1. The number of likely N-dealkylation sites (tertiary alicyclic amines) is 1. The van der Waals surface area contributed by atoms with Gasteiger partial charge in [0.25, 0.3) is 0 Å². The van der Waals surface area contributed by atoms with E-state index in [4.69, 9.17) is 11.5 Å². The fourth-order valence-corrected chi connectivity index (χ4v) is 4.04. The van der Waals surface area contributed by atoms with Crippen molar-refractivity contribution in [3.05, 3.63) is 21.9 Å². The Bertz CT molecular complexity index is 444. The van der Waals surface area contributed by atoms with Gasteiger partial charge in [-0.25, -0.2) is 0 Å². The molecule has 0 radical (unpaired) electrons. The molecule has 4 N–H and O–H groups in total. The van der Waals surface area contributed by atoms with Crippen LogP contribution in [-0.4, -0.2) is 29.4 Å². The third-order valence-electron chi connectivity index (χ3n) is 3.78. The molecule has 0 aliphatic carbocycles. The normalized spacial score (nSPS) is 24.1. The first-order valence-corrected chi connectivity index (χ1v) is 7.69. The van der Waals surface area contributed by atoms with E-state index in [1.165, 1.54) is 9.75 Å². The van der Waals surface area contributed by atoms with Crippen LogP contribution in [0.15, 0.2) is 12.1 Å². The van der Waals surface area contributed by atoms with Crippen molar-refractivity contribution in [3.63, 3.8) is 0 Å². The van der Waals surface area contributed by atoms with Gasteiger partial charge in [0.2, 0.25) is 5.91 Å². The predicted molar refractivity (Wildman–Crippen MR) is 79.0 cm³/mol. The summed E-state index contributed by atoms with van der Waals surface area (Å²) in [5, 5.41) is 0. The van der Waals surface area contributed by atoms with Crippen LogP contribution in [0.3, 0.4) is 0 Å². The molecule has 1 aliphatic heterocycles. The molecule has 1 amide bonds. The van der Waals surface area contributed by atoms with Crippen molar-refractivity contribution in [1.82, 2.24) is 4.90 Å². The molecule has 1 aromatic heterocycles. The van der Waals surface area contributed by atoms with Crippen LogP contribution in [0.5, 0.6) is 0 Å². The second kappa shape index (κ2) is 6.03. The average molecular weight is 281 g/mol. The summed E-state index contributed by atoms with van der Waals surface area (Å²) in [5.74, 6) is -0.223. The second-order valence-corrected chi connectivity index (χ2v) is 6.72. The lowest BCUT2D eigenvalue weighted by molar-refractivity contribution is -0.125. The minimum Gasteiger partial charge on any atom is -0.368 e. The molecular weight excluding hydrogens is 258 g/mol. The van der Waals surface area contributed by atoms with E-state index in [2.05, 4.69) is 24.0 Å². The van der Waals surface area contributed by atoms with E-state index >= 15 is 0 Å². The Balaban J connectivity index is 2.29. The van der Waals surface area contributed by atoms with Crippen molar-refractivity contribution in [2.24, 2.45) is 11.5 Å². The largest absolute Gasteiger partial charge is 0.368 e. The maximum absolute atomic E-state index is 11.7. The first kappa shape index (κ1) is 14.5. The highest BCUT2D eigenvalue weighted by molar-refractivity contribution is 7.12. The molecule has 0 spiro atoms. The topological polar surface area (TPSA) is 72.3 Å². The van der Waals surface area contributed by atoms with Crippen molar-refractivity contribution in [2.75, 3.05) is 6.54 Å². The highest BCUT2D eigenvalue weighted by Gasteiger charge is 2.35. The number of hydrogen-bond acceptors (Lipinski definition) is 4. The van der Waals surface area contributed by atoms with Crippen LogP contribution < -0.4 is 11.5 Å². The first-order chi connectivity index (χ1) is 9.00. The SMILES string of the molecule is Cc1ccc(C(C(C)N)N2CCCCC2C(N)=O)s1. The van der Waals surface area contributed by atoms with Gasteiger partial charge in [-0.05, 0) is 45.4 Å². The van der Waals surface area contributed by atoms with Crippen molar-refractivity contribution in [1.29, 1.82) is 0 Å². The minimum atomic E-state index is -0.223. The molecule has 19 heavy (non-hydrogen) atoms. The molecule has 106 valence electrons. The highest BCUT2D eigenvalue weighted by atomic mass is 32.1. The van der Waals surface area contributed by atoms with Crippen LogP contribution >= 0.6 is 11.3 Å². The molecular formula is C14H23N3OS. The number of primary amides is 1. The van der Waals surface area contributed by atoms with Gasteiger partial charge in [0, 0.05) is 15.8 Å². The molecule has 5 heteroatoms. The monoisotopic (exact) mass is 281 g/mol. The predicted octanol–water partition coefficient (Wildman–Crippen LogP) is 1.78. The molecule has 0 saturated carbocycles. The number of hydrogen-bond donors (Lipinski definition) is 2. The minimum absolute atomic E-state index is 0.0157. The van der Waals surface area contributed by atoms with Crippen molar-refractivity contribution in [3.8, 4) is 0 Å². The molecule has 2 rings (SSSR count). The van der Waals surface area contributed by atoms with Gasteiger partial charge in [-0.2, -0.15) is 0 Å². The van der Waals surface area contributed by atoms with Crippen LogP contribution in [0.4, 0.5) is 0 Å². The number of nitrogens with two attached hydrogens (primary N) is 2. The van der Waals surface area contributed by atoms with Crippen LogP contribution in [-0.2, 0) is 4.79 Å². The van der Waals surface area contributed by atoms with Gasteiger partial charge >= 0.3 is 0 Å². The van der Waals surface area contributed by atoms with Gasteiger partial charge in [-0.3, -0.25) is 9.69 Å². The summed E-state index contributed by atoms with van der Waals surface area (Å²) in [7, 11) is 0.